The van der Waals surface area contributed by atoms with Crippen molar-refractivity contribution in [2.24, 2.45) is 22.2 Å². The molecule has 24 heavy (non-hydrogen) atoms. The average Bonchev–Trinajstić information content (AvgIpc) is 2.50. The third kappa shape index (κ3) is 2.23. The van der Waals surface area contributed by atoms with Crippen molar-refractivity contribution in [1.82, 2.24) is 0 Å². The van der Waals surface area contributed by atoms with E-state index in [1.165, 1.54) is 0 Å². The molecule has 2 nitrogen and oxygen atoms in total. The number of fused-ring (bicyclic) bond motifs is 1. The van der Waals surface area contributed by atoms with E-state index in [9.17, 15) is 9.59 Å². The normalized spacial score (nSPS) is 27.2. The van der Waals surface area contributed by atoms with Gasteiger partial charge < -0.3 is 0 Å². The van der Waals surface area contributed by atoms with Crippen LogP contribution in [0.3, 0.4) is 0 Å². The molecule has 0 saturated heterocycles. The standard InChI is InChI=1S/C22H26O2/c1-20(2,3)16-13-22(21(4,5)6)12-15(14-10-8-7-9-11-14)17(16)18(23)19(22)24/h7-13,17H,1-6H3/t17-,22-/m1/s1. The molecule has 0 unspecified atom stereocenters. The number of benzene rings is 1. The van der Waals surface area contributed by atoms with Crippen LogP contribution in [0, 0.1) is 22.2 Å². The Labute approximate surface area is 144 Å². The zero-order valence-corrected chi connectivity index (χ0v) is 15.4. The van der Waals surface area contributed by atoms with Gasteiger partial charge in [-0.3, -0.25) is 9.59 Å². The molecule has 0 radical (unpaired) electrons. The molecule has 0 aliphatic heterocycles. The van der Waals surface area contributed by atoms with Gasteiger partial charge >= 0.3 is 0 Å². The smallest absolute Gasteiger partial charge is 0.213 e. The fraction of sp³-hybridized carbons (Fsp3) is 0.455. The summed E-state index contributed by atoms with van der Waals surface area (Å²) >= 11 is 0. The minimum Gasteiger partial charge on any atom is -0.290 e. The molecule has 4 rings (SSSR count). The largest absolute Gasteiger partial charge is 0.290 e. The first-order valence-corrected chi connectivity index (χ1v) is 8.59. The Hall–Kier alpha value is -1.96. The van der Waals surface area contributed by atoms with Gasteiger partial charge in [0.25, 0.3) is 0 Å². The third-order valence-electron chi connectivity index (χ3n) is 5.46. The molecule has 0 spiro atoms. The van der Waals surface area contributed by atoms with E-state index in [0.29, 0.717) is 0 Å². The summed E-state index contributed by atoms with van der Waals surface area (Å²) in [5.74, 6) is -0.949. The summed E-state index contributed by atoms with van der Waals surface area (Å²) in [6.07, 6.45) is 4.15. The van der Waals surface area contributed by atoms with E-state index < -0.39 is 11.3 Å². The molecule has 0 aromatic heterocycles. The van der Waals surface area contributed by atoms with Gasteiger partial charge in [0.1, 0.15) is 0 Å². The van der Waals surface area contributed by atoms with Gasteiger partial charge in [0, 0.05) is 0 Å². The van der Waals surface area contributed by atoms with Crippen molar-refractivity contribution in [2.45, 2.75) is 41.5 Å². The summed E-state index contributed by atoms with van der Waals surface area (Å²) in [7, 11) is 0. The number of hydrogen-bond donors (Lipinski definition) is 0. The van der Waals surface area contributed by atoms with Crippen LogP contribution in [0.1, 0.15) is 47.1 Å². The minimum atomic E-state index is -0.855. The quantitative estimate of drug-likeness (QED) is 0.547. The molecule has 0 N–H and O–H groups in total. The molecule has 2 bridgehead atoms. The summed E-state index contributed by atoms with van der Waals surface area (Å²) in [5.41, 5.74) is 1.72. The van der Waals surface area contributed by atoms with Crippen LogP contribution in [-0.4, -0.2) is 11.6 Å². The van der Waals surface area contributed by atoms with Crippen LogP contribution in [0.5, 0.6) is 0 Å². The first-order valence-electron chi connectivity index (χ1n) is 8.59. The first kappa shape index (κ1) is 16.9. The van der Waals surface area contributed by atoms with Gasteiger partial charge in [-0.1, -0.05) is 89.6 Å². The maximum absolute atomic E-state index is 13.0. The van der Waals surface area contributed by atoms with Gasteiger partial charge in [-0.05, 0) is 22.0 Å². The molecule has 0 amide bonds. The highest BCUT2D eigenvalue weighted by Gasteiger charge is 2.58. The predicted octanol–water partition coefficient (Wildman–Crippen LogP) is 4.86. The maximum Gasteiger partial charge on any atom is 0.213 e. The van der Waals surface area contributed by atoms with Crippen molar-refractivity contribution >= 4 is 17.1 Å². The van der Waals surface area contributed by atoms with Crippen molar-refractivity contribution in [1.29, 1.82) is 0 Å². The summed E-state index contributed by atoms with van der Waals surface area (Å²) in [6, 6.07) is 9.99. The van der Waals surface area contributed by atoms with Crippen LogP contribution in [0.15, 0.2) is 48.1 Å². The van der Waals surface area contributed by atoms with Crippen molar-refractivity contribution < 1.29 is 9.59 Å². The Bertz CT molecular complexity index is 766. The van der Waals surface area contributed by atoms with Crippen molar-refractivity contribution in [3.8, 4) is 0 Å². The van der Waals surface area contributed by atoms with Gasteiger partial charge in [0.15, 0.2) is 0 Å². The Morgan fingerprint density at radius 1 is 0.875 bits per heavy atom. The van der Waals surface area contributed by atoms with Crippen LogP contribution in [0.4, 0.5) is 0 Å². The molecule has 0 saturated carbocycles. The topological polar surface area (TPSA) is 34.1 Å². The highest BCUT2D eigenvalue weighted by atomic mass is 16.2. The Morgan fingerprint density at radius 3 is 1.96 bits per heavy atom. The van der Waals surface area contributed by atoms with Crippen molar-refractivity contribution in [3.05, 3.63) is 53.6 Å². The van der Waals surface area contributed by atoms with Crippen LogP contribution in [-0.2, 0) is 9.59 Å². The van der Waals surface area contributed by atoms with Crippen LogP contribution >= 0.6 is 0 Å². The lowest BCUT2D eigenvalue weighted by Gasteiger charge is -2.50. The second-order valence-electron chi connectivity index (χ2n) is 9.06. The number of carbonyl (C=O) groups excluding carboxylic acids is 2. The molecule has 1 aromatic carbocycles. The first-order chi connectivity index (χ1) is 11.0. The van der Waals surface area contributed by atoms with Crippen molar-refractivity contribution in [3.63, 3.8) is 0 Å². The Kier molecular flexibility index (Phi) is 3.53. The highest BCUT2D eigenvalue weighted by molar-refractivity contribution is 6.46. The molecule has 3 aliphatic rings. The second-order valence-corrected chi connectivity index (χ2v) is 9.06. The molecule has 3 aliphatic carbocycles. The van der Waals surface area contributed by atoms with E-state index in [1.54, 1.807) is 0 Å². The lowest BCUT2D eigenvalue weighted by atomic mass is 9.50. The zero-order valence-electron chi connectivity index (χ0n) is 15.4. The van der Waals surface area contributed by atoms with Gasteiger partial charge in [0.2, 0.25) is 11.6 Å². The summed E-state index contributed by atoms with van der Waals surface area (Å²) in [6.45, 7) is 12.5. The summed E-state index contributed by atoms with van der Waals surface area (Å²) < 4.78 is 0. The monoisotopic (exact) mass is 322 g/mol. The third-order valence-corrected chi connectivity index (χ3v) is 5.46. The van der Waals surface area contributed by atoms with E-state index in [1.807, 2.05) is 51.1 Å². The zero-order chi connectivity index (χ0) is 17.9. The van der Waals surface area contributed by atoms with E-state index in [0.717, 1.165) is 16.7 Å². The molecular formula is C22H26O2. The van der Waals surface area contributed by atoms with Crippen molar-refractivity contribution in [2.75, 3.05) is 0 Å². The van der Waals surface area contributed by atoms with Gasteiger partial charge in [-0.25, -0.2) is 0 Å². The number of carbonyl (C=O) groups is 2. The van der Waals surface area contributed by atoms with E-state index in [-0.39, 0.29) is 22.4 Å². The van der Waals surface area contributed by atoms with E-state index in [2.05, 4.69) is 32.9 Å². The van der Waals surface area contributed by atoms with Crippen LogP contribution in [0.2, 0.25) is 0 Å². The van der Waals surface area contributed by atoms with Crippen LogP contribution in [0.25, 0.3) is 5.57 Å². The molecule has 2 heteroatoms. The second kappa shape index (κ2) is 5.02. The fourth-order valence-corrected chi connectivity index (χ4v) is 3.92. The van der Waals surface area contributed by atoms with E-state index in [4.69, 9.17) is 0 Å². The molecular weight excluding hydrogens is 296 g/mol. The molecule has 0 heterocycles. The van der Waals surface area contributed by atoms with Gasteiger partial charge in [0.05, 0.1) is 11.3 Å². The molecule has 1 aromatic rings. The summed E-state index contributed by atoms with van der Waals surface area (Å²) in [4.78, 5) is 26.0. The number of hydrogen-bond acceptors (Lipinski definition) is 2. The lowest BCUT2D eigenvalue weighted by molar-refractivity contribution is -0.145. The predicted molar refractivity (Wildman–Crippen MR) is 97.3 cm³/mol. The van der Waals surface area contributed by atoms with Gasteiger partial charge in [-0.15, -0.1) is 0 Å². The number of ketones is 2. The fourth-order valence-electron chi connectivity index (χ4n) is 3.92. The number of rotatable bonds is 1. The highest BCUT2D eigenvalue weighted by Crippen LogP contribution is 2.57. The van der Waals surface area contributed by atoms with Gasteiger partial charge in [-0.2, -0.15) is 0 Å². The molecule has 126 valence electrons. The number of Topliss-reactive ketones (excluding diaryl/α,β-unsaturated/α-hetero) is 2. The Morgan fingerprint density at radius 2 is 1.46 bits per heavy atom. The van der Waals surface area contributed by atoms with E-state index >= 15 is 0 Å². The molecule has 0 fully saturated rings. The molecule has 2 atom stereocenters. The maximum atomic E-state index is 13.0. The minimum absolute atomic E-state index is 0.161. The van der Waals surface area contributed by atoms with Crippen LogP contribution < -0.4 is 0 Å². The Balaban J connectivity index is 2.34. The summed E-state index contributed by atoms with van der Waals surface area (Å²) in [5, 5.41) is 0. The average molecular weight is 322 g/mol. The SMILES string of the molecule is CC(C)(C)C1=C[C@]2(C(C)(C)C)C=C(c3ccccc3)[C@H]1C(=O)C2=O. The lowest BCUT2D eigenvalue weighted by Crippen LogP contribution is -2.54. The number of allylic oxidation sites excluding steroid dienone is 4.